The number of nitrogens with one attached hydrogen (secondary N) is 2. The van der Waals surface area contributed by atoms with E-state index in [9.17, 15) is 19.5 Å². The number of carbonyl (C=O) groups is 3. The summed E-state index contributed by atoms with van der Waals surface area (Å²) in [7, 11) is 1.50. The molecule has 222 valence electrons. The maximum atomic E-state index is 14.1. The molecule has 0 aromatic heterocycles. The first kappa shape index (κ1) is 30.8. The van der Waals surface area contributed by atoms with Gasteiger partial charge in [-0.05, 0) is 93.6 Å². The average molecular weight is 573 g/mol. The van der Waals surface area contributed by atoms with Gasteiger partial charge in [-0.3, -0.25) is 14.4 Å². The minimum absolute atomic E-state index is 0.354. The molecule has 42 heavy (non-hydrogen) atoms. The third-order valence-corrected chi connectivity index (χ3v) is 8.01. The molecule has 3 aromatic rings. The Bertz CT molecular complexity index is 1510. The molecule has 4 unspecified atom stereocenters. The number of methoxy groups -OCH3 is 1. The summed E-state index contributed by atoms with van der Waals surface area (Å²) in [6.45, 7) is 11.3. The van der Waals surface area contributed by atoms with E-state index in [1.54, 1.807) is 18.2 Å². The maximum Gasteiger partial charge on any atom is 0.235 e. The molecule has 1 aliphatic carbocycles. The van der Waals surface area contributed by atoms with Crippen LogP contribution in [-0.4, -0.2) is 42.0 Å². The van der Waals surface area contributed by atoms with Crippen molar-refractivity contribution >= 4 is 29.0 Å². The zero-order valence-corrected chi connectivity index (χ0v) is 25.3. The largest absolute Gasteiger partial charge is 0.493 e. The number of hydrogen-bond donors (Lipinski definition) is 3. The van der Waals surface area contributed by atoms with Gasteiger partial charge in [0.2, 0.25) is 11.8 Å². The highest BCUT2D eigenvalue weighted by molar-refractivity contribution is 6.10. The number of Topliss-reactive ketones (excluding diaryl/α,β-unsaturated/α-hetero) is 1. The third kappa shape index (κ3) is 6.34. The summed E-state index contributed by atoms with van der Waals surface area (Å²) in [6, 6.07) is 16.5. The minimum atomic E-state index is -1.73. The number of ether oxygens (including phenoxy) is 2. The first-order valence-corrected chi connectivity index (χ1v) is 14.2. The summed E-state index contributed by atoms with van der Waals surface area (Å²) in [5.41, 5.74) is 3.57. The van der Waals surface area contributed by atoms with Gasteiger partial charge in [-0.1, -0.05) is 30.3 Å². The van der Waals surface area contributed by atoms with E-state index in [2.05, 4.69) is 10.6 Å². The first-order chi connectivity index (χ1) is 19.9. The van der Waals surface area contributed by atoms with Crippen molar-refractivity contribution in [2.75, 3.05) is 24.4 Å². The molecule has 0 radical (unpaired) electrons. The molecular formula is C34H40N2O6. The van der Waals surface area contributed by atoms with Crippen LogP contribution in [0, 0.1) is 39.5 Å². The Hall–Kier alpha value is -4.17. The van der Waals surface area contributed by atoms with Gasteiger partial charge in [-0.2, -0.15) is 0 Å². The molecule has 3 aromatic carbocycles. The number of aryl methyl sites for hydroxylation is 4. The van der Waals surface area contributed by atoms with Gasteiger partial charge in [0.1, 0.15) is 11.7 Å². The highest BCUT2D eigenvalue weighted by atomic mass is 16.5. The normalized spacial score (nSPS) is 21.9. The van der Waals surface area contributed by atoms with Crippen LogP contribution in [0.5, 0.6) is 11.5 Å². The van der Waals surface area contributed by atoms with Crippen molar-refractivity contribution in [3.63, 3.8) is 0 Å². The van der Waals surface area contributed by atoms with Crippen molar-refractivity contribution in [3.05, 3.63) is 82.4 Å². The highest BCUT2D eigenvalue weighted by Gasteiger charge is 2.56. The molecule has 0 bridgehead atoms. The predicted octanol–water partition coefficient (Wildman–Crippen LogP) is 5.64. The van der Waals surface area contributed by atoms with Crippen molar-refractivity contribution < 1.29 is 29.0 Å². The Morgan fingerprint density at radius 2 is 1.45 bits per heavy atom. The SMILES string of the molecule is CCOc1ccc(C2C(C(=O)Nc3cc(C)ccc3C)C(=O)CC(C)(O)C2C(=O)Nc2cc(C)ccc2C)cc1OC. The van der Waals surface area contributed by atoms with Crippen LogP contribution in [0.2, 0.25) is 0 Å². The lowest BCUT2D eigenvalue weighted by atomic mass is 9.61. The van der Waals surface area contributed by atoms with Gasteiger partial charge >= 0.3 is 0 Å². The molecule has 3 N–H and O–H groups in total. The summed E-state index contributed by atoms with van der Waals surface area (Å²) in [4.78, 5) is 41.8. The summed E-state index contributed by atoms with van der Waals surface area (Å²) in [5, 5.41) is 17.6. The quantitative estimate of drug-likeness (QED) is 0.301. The van der Waals surface area contributed by atoms with E-state index < -0.39 is 41.0 Å². The Morgan fingerprint density at radius 1 is 0.881 bits per heavy atom. The van der Waals surface area contributed by atoms with E-state index in [0.29, 0.717) is 35.0 Å². The molecule has 0 saturated heterocycles. The Labute approximate surface area is 247 Å². The summed E-state index contributed by atoms with van der Waals surface area (Å²) in [5.74, 6) is -3.97. The number of amides is 2. The lowest BCUT2D eigenvalue weighted by molar-refractivity contribution is -0.150. The number of ketones is 1. The van der Waals surface area contributed by atoms with Crippen LogP contribution in [0.3, 0.4) is 0 Å². The molecule has 0 spiro atoms. The monoisotopic (exact) mass is 572 g/mol. The van der Waals surface area contributed by atoms with Crippen molar-refractivity contribution in [3.8, 4) is 11.5 Å². The van der Waals surface area contributed by atoms with Crippen molar-refractivity contribution in [1.82, 2.24) is 0 Å². The van der Waals surface area contributed by atoms with Gasteiger partial charge in [-0.15, -0.1) is 0 Å². The van der Waals surface area contributed by atoms with Crippen LogP contribution in [0.25, 0.3) is 0 Å². The Kier molecular flexibility index (Phi) is 9.06. The number of carbonyl (C=O) groups excluding carboxylic acids is 3. The van der Waals surface area contributed by atoms with E-state index in [1.807, 2.05) is 71.0 Å². The topological polar surface area (TPSA) is 114 Å². The summed E-state index contributed by atoms with van der Waals surface area (Å²) in [6.07, 6.45) is -0.354. The molecule has 1 fully saturated rings. The van der Waals surface area contributed by atoms with Gasteiger partial charge in [-0.25, -0.2) is 0 Å². The molecule has 0 heterocycles. The summed E-state index contributed by atoms with van der Waals surface area (Å²) >= 11 is 0. The molecule has 2 amide bonds. The number of anilines is 2. The third-order valence-electron chi connectivity index (χ3n) is 8.01. The molecule has 4 rings (SSSR count). The van der Waals surface area contributed by atoms with Gasteiger partial charge in [0.05, 0.1) is 25.2 Å². The number of benzene rings is 3. The van der Waals surface area contributed by atoms with Crippen LogP contribution < -0.4 is 20.1 Å². The summed E-state index contributed by atoms with van der Waals surface area (Å²) < 4.78 is 11.3. The molecule has 0 aliphatic heterocycles. The van der Waals surface area contributed by atoms with E-state index in [0.717, 1.165) is 22.3 Å². The maximum absolute atomic E-state index is 14.1. The zero-order valence-electron chi connectivity index (χ0n) is 25.3. The second-order valence-electron chi connectivity index (χ2n) is 11.4. The van der Waals surface area contributed by atoms with Crippen LogP contribution in [0.1, 0.15) is 54.0 Å². The number of hydrogen-bond acceptors (Lipinski definition) is 6. The molecule has 1 aliphatic rings. The zero-order chi connectivity index (χ0) is 30.8. The molecule has 4 atom stereocenters. The standard InChI is InChI=1S/C34H40N2O6/c1-8-42-27-14-13-23(17-28(27)41-7)29-30(32(38)35-24-15-19(2)9-11-21(24)4)26(37)18-34(6,40)31(29)33(39)36-25-16-20(3)10-12-22(25)5/h9-17,29-31,40H,8,18H2,1-7H3,(H,35,38)(H,36,39). The van der Waals surface area contributed by atoms with Gasteiger partial charge in [0, 0.05) is 23.7 Å². The van der Waals surface area contributed by atoms with Gasteiger partial charge in [0.25, 0.3) is 0 Å². The van der Waals surface area contributed by atoms with Crippen LogP contribution in [0.4, 0.5) is 11.4 Å². The van der Waals surface area contributed by atoms with Crippen molar-refractivity contribution in [2.24, 2.45) is 11.8 Å². The first-order valence-electron chi connectivity index (χ1n) is 14.2. The number of rotatable bonds is 8. The fourth-order valence-corrected chi connectivity index (χ4v) is 5.82. The Balaban J connectivity index is 1.85. The fraction of sp³-hybridized carbons (Fsp3) is 0.382. The van der Waals surface area contributed by atoms with Crippen molar-refractivity contribution in [1.29, 1.82) is 0 Å². The van der Waals surface area contributed by atoms with Crippen LogP contribution >= 0.6 is 0 Å². The smallest absolute Gasteiger partial charge is 0.235 e. The minimum Gasteiger partial charge on any atom is -0.493 e. The van der Waals surface area contributed by atoms with Gasteiger partial charge in [0.15, 0.2) is 11.5 Å². The second kappa shape index (κ2) is 12.4. The van der Waals surface area contributed by atoms with Crippen molar-refractivity contribution in [2.45, 2.75) is 59.5 Å². The number of aliphatic hydroxyl groups is 1. The van der Waals surface area contributed by atoms with E-state index in [-0.39, 0.29) is 6.42 Å². The predicted molar refractivity (Wildman–Crippen MR) is 163 cm³/mol. The molecule has 8 heteroatoms. The lowest BCUT2D eigenvalue weighted by Crippen LogP contribution is -2.56. The van der Waals surface area contributed by atoms with E-state index >= 15 is 0 Å². The van der Waals surface area contributed by atoms with Crippen LogP contribution in [-0.2, 0) is 14.4 Å². The molecular weight excluding hydrogens is 532 g/mol. The molecule has 1 saturated carbocycles. The lowest BCUT2D eigenvalue weighted by Gasteiger charge is -2.44. The van der Waals surface area contributed by atoms with Gasteiger partial charge < -0.3 is 25.2 Å². The highest BCUT2D eigenvalue weighted by Crippen LogP contribution is 2.48. The second-order valence-corrected chi connectivity index (χ2v) is 11.4. The van der Waals surface area contributed by atoms with E-state index in [4.69, 9.17) is 9.47 Å². The van der Waals surface area contributed by atoms with E-state index in [1.165, 1.54) is 14.0 Å². The molecule has 8 nitrogen and oxygen atoms in total. The fourth-order valence-electron chi connectivity index (χ4n) is 5.82. The van der Waals surface area contributed by atoms with Crippen LogP contribution in [0.15, 0.2) is 54.6 Å². The Morgan fingerprint density at radius 3 is 2.00 bits per heavy atom. The average Bonchev–Trinajstić information content (AvgIpc) is 2.92.